The summed E-state index contributed by atoms with van der Waals surface area (Å²) in [5, 5.41) is 9.98. The lowest BCUT2D eigenvalue weighted by molar-refractivity contribution is -0.140. The molecule has 2 heterocycles. The van der Waals surface area contributed by atoms with Gasteiger partial charge in [0.05, 0.1) is 11.4 Å². The van der Waals surface area contributed by atoms with E-state index in [9.17, 15) is 9.90 Å². The maximum Gasteiger partial charge on any atom is 0.322 e. The van der Waals surface area contributed by atoms with E-state index in [1.54, 1.807) is 6.08 Å². The Morgan fingerprint density at radius 2 is 1.86 bits per heavy atom. The van der Waals surface area contributed by atoms with Crippen LogP contribution in [0.15, 0.2) is 84.3 Å². The van der Waals surface area contributed by atoms with Crippen molar-refractivity contribution in [3.63, 3.8) is 0 Å². The molecule has 1 atom stereocenters. The standard InChI is InChI=1S/C18H13NO2/c20-17(21)18-11-5-3-8-14(18)16-10-4-6-12-19(16)15-9-2-1-7-13(15)18/h1-12H,(H,20,21). The Morgan fingerprint density at radius 3 is 2.71 bits per heavy atom. The molecule has 0 fully saturated rings. The van der Waals surface area contributed by atoms with Gasteiger partial charge in [-0.1, -0.05) is 48.6 Å². The third kappa shape index (κ3) is 1.40. The number of rotatable bonds is 1. The minimum absolute atomic E-state index is 0.803. The second-order valence-electron chi connectivity index (χ2n) is 5.22. The lowest BCUT2D eigenvalue weighted by atomic mass is 9.68. The van der Waals surface area contributed by atoms with Crippen LogP contribution in [0.25, 0.3) is 0 Å². The average molecular weight is 275 g/mol. The van der Waals surface area contributed by atoms with E-state index in [2.05, 4.69) is 4.90 Å². The van der Waals surface area contributed by atoms with E-state index in [4.69, 9.17) is 0 Å². The molecule has 0 amide bonds. The topological polar surface area (TPSA) is 40.5 Å². The monoisotopic (exact) mass is 275 g/mol. The van der Waals surface area contributed by atoms with E-state index in [-0.39, 0.29) is 0 Å². The third-order valence-electron chi connectivity index (χ3n) is 4.21. The predicted octanol–water partition coefficient (Wildman–Crippen LogP) is 3.29. The molecule has 2 aliphatic heterocycles. The van der Waals surface area contributed by atoms with Gasteiger partial charge in [-0.3, -0.25) is 4.79 Å². The van der Waals surface area contributed by atoms with E-state index in [1.165, 1.54) is 0 Å². The first kappa shape index (κ1) is 12.0. The zero-order chi connectivity index (χ0) is 14.4. The van der Waals surface area contributed by atoms with Crippen LogP contribution in [0.4, 0.5) is 5.69 Å². The molecule has 1 aromatic carbocycles. The summed E-state index contributed by atoms with van der Waals surface area (Å²) < 4.78 is 0. The van der Waals surface area contributed by atoms with Gasteiger partial charge in [-0.05, 0) is 18.2 Å². The summed E-state index contributed by atoms with van der Waals surface area (Å²) in [7, 11) is 0. The Bertz CT molecular complexity index is 795. The smallest absolute Gasteiger partial charge is 0.322 e. The number of fused-ring (bicyclic) bond motifs is 5. The minimum atomic E-state index is -1.10. The number of nitrogens with zero attached hydrogens (tertiary/aromatic N) is 1. The number of benzene rings is 1. The Hall–Kier alpha value is -2.81. The van der Waals surface area contributed by atoms with Crippen molar-refractivity contribution in [1.82, 2.24) is 0 Å². The van der Waals surface area contributed by atoms with Gasteiger partial charge in [0, 0.05) is 17.3 Å². The summed E-state index contributed by atoms with van der Waals surface area (Å²) in [5.41, 5.74) is 2.33. The van der Waals surface area contributed by atoms with E-state index in [0.717, 1.165) is 22.5 Å². The molecule has 1 aromatic rings. The molecule has 3 heteroatoms. The third-order valence-corrected chi connectivity index (χ3v) is 4.21. The molecule has 3 aliphatic rings. The molecule has 1 N–H and O–H groups in total. The summed E-state index contributed by atoms with van der Waals surface area (Å²) in [6.45, 7) is 0. The lowest BCUT2D eigenvalue weighted by Crippen LogP contribution is -2.43. The van der Waals surface area contributed by atoms with Gasteiger partial charge in [-0.25, -0.2) is 0 Å². The van der Waals surface area contributed by atoms with Gasteiger partial charge in [0.15, 0.2) is 0 Å². The quantitative estimate of drug-likeness (QED) is 0.855. The summed E-state index contributed by atoms with van der Waals surface area (Å²) in [6.07, 6.45) is 15.2. The van der Waals surface area contributed by atoms with Crippen molar-refractivity contribution in [1.29, 1.82) is 0 Å². The normalized spacial score (nSPS) is 24.7. The summed E-state index contributed by atoms with van der Waals surface area (Å²) >= 11 is 0. The number of carboxylic acid groups (broad SMARTS) is 1. The Balaban J connectivity index is 2.13. The second-order valence-corrected chi connectivity index (χ2v) is 5.22. The molecule has 1 aliphatic carbocycles. The van der Waals surface area contributed by atoms with Crippen molar-refractivity contribution in [2.45, 2.75) is 5.41 Å². The molecule has 0 radical (unpaired) electrons. The van der Waals surface area contributed by atoms with Crippen molar-refractivity contribution < 1.29 is 9.90 Å². The van der Waals surface area contributed by atoms with Crippen LogP contribution >= 0.6 is 0 Å². The number of carboxylic acids is 1. The molecule has 0 saturated carbocycles. The number of anilines is 1. The van der Waals surface area contributed by atoms with Gasteiger partial charge in [-0.15, -0.1) is 0 Å². The first-order chi connectivity index (χ1) is 10.2. The van der Waals surface area contributed by atoms with E-state index >= 15 is 0 Å². The molecule has 4 rings (SSSR count). The number of carbonyl (C=O) groups is 1. The summed E-state index contributed by atoms with van der Waals surface area (Å²) in [4.78, 5) is 14.2. The van der Waals surface area contributed by atoms with E-state index in [1.807, 2.05) is 66.9 Å². The summed E-state index contributed by atoms with van der Waals surface area (Å²) in [5.74, 6) is -0.847. The SMILES string of the molecule is O=C(O)C12C=CC=CC1=C1C=CC=CN1c1ccccc12. The van der Waals surface area contributed by atoms with Crippen molar-refractivity contribution in [2.75, 3.05) is 4.90 Å². The fourth-order valence-corrected chi connectivity index (χ4v) is 3.29. The van der Waals surface area contributed by atoms with Crippen molar-refractivity contribution in [3.8, 4) is 0 Å². The Labute approximate surface area is 122 Å². The highest BCUT2D eigenvalue weighted by molar-refractivity contribution is 5.96. The first-order valence-corrected chi connectivity index (χ1v) is 6.83. The van der Waals surface area contributed by atoms with Crippen LogP contribution in [0.3, 0.4) is 0 Å². The van der Waals surface area contributed by atoms with Gasteiger partial charge in [-0.2, -0.15) is 0 Å². The van der Waals surface area contributed by atoms with Gasteiger partial charge in [0.2, 0.25) is 0 Å². The molecule has 0 saturated heterocycles. The Kier molecular flexibility index (Phi) is 2.33. The maximum absolute atomic E-state index is 12.2. The molecule has 102 valence electrons. The molecule has 1 unspecified atom stereocenters. The minimum Gasteiger partial charge on any atom is -0.480 e. The van der Waals surface area contributed by atoms with Crippen molar-refractivity contribution >= 4 is 11.7 Å². The molecule has 0 bridgehead atoms. The highest BCUT2D eigenvalue weighted by Gasteiger charge is 2.48. The van der Waals surface area contributed by atoms with E-state index in [0.29, 0.717) is 0 Å². The lowest BCUT2D eigenvalue weighted by Gasteiger charge is -2.42. The fourth-order valence-electron chi connectivity index (χ4n) is 3.29. The first-order valence-electron chi connectivity index (χ1n) is 6.83. The van der Waals surface area contributed by atoms with Gasteiger partial charge in [0.1, 0.15) is 5.41 Å². The van der Waals surface area contributed by atoms with Crippen LogP contribution in [0.5, 0.6) is 0 Å². The van der Waals surface area contributed by atoms with Crippen molar-refractivity contribution in [2.24, 2.45) is 0 Å². The largest absolute Gasteiger partial charge is 0.480 e. The van der Waals surface area contributed by atoms with Crippen LogP contribution in [0.2, 0.25) is 0 Å². The van der Waals surface area contributed by atoms with Gasteiger partial charge < -0.3 is 10.0 Å². The number of hydrogen-bond donors (Lipinski definition) is 1. The van der Waals surface area contributed by atoms with Gasteiger partial charge >= 0.3 is 5.97 Å². The molecule has 0 spiro atoms. The zero-order valence-corrected chi connectivity index (χ0v) is 11.2. The molecular weight excluding hydrogens is 262 g/mol. The van der Waals surface area contributed by atoms with Crippen LogP contribution in [0.1, 0.15) is 5.56 Å². The number of hydrogen-bond acceptors (Lipinski definition) is 2. The van der Waals surface area contributed by atoms with E-state index < -0.39 is 11.4 Å². The second kappa shape index (κ2) is 4.09. The zero-order valence-electron chi connectivity index (χ0n) is 11.2. The molecular formula is C18H13NO2. The average Bonchev–Trinajstić information content (AvgIpc) is 2.55. The molecule has 3 nitrogen and oxygen atoms in total. The number of allylic oxidation sites excluding steroid dienone is 6. The van der Waals surface area contributed by atoms with Crippen LogP contribution in [-0.4, -0.2) is 11.1 Å². The fraction of sp³-hybridized carbons (Fsp3) is 0.0556. The van der Waals surface area contributed by atoms with Crippen LogP contribution in [-0.2, 0) is 10.2 Å². The number of para-hydroxylation sites is 1. The number of aliphatic carboxylic acids is 1. The maximum atomic E-state index is 12.2. The van der Waals surface area contributed by atoms with Crippen LogP contribution < -0.4 is 4.90 Å². The highest BCUT2D eigenvalue weighted by atomic mass is 16.4. The highest BCUT2D eigenvalue weighted by Crippen LogP contribution is 2.49. The molecule has 0 aromatic heterocycles. The molecule has 21 heavy (non-hydrogen) atoms. The Morgan fingerprint density at radius 1 is 1.05 bits per heavy atom. The predicted molar refractivity (Wildman–Crippen MR) is 81.8 cm³/mol. The summed E-state index contributed by atoms with van der Waals surface area (Å²) in [6, 6.07) is 7.69. The van der Waals surface area contributed by atoms with Crippen LogP contribution in [0, 0.1) is 0 Å². The van der Waals surface area contributed by atoms with Gasteiger partial charge in [0.25, 0.3) is 0 Å². The van der Waals surface area contributed by atoms with Crippen molar-refractivity contribution in [3.05, 3.63) is 89.8 Å².